The Labute approximate surface area is 153 Å². The number of ether oxygens (including phenoxy) is 1. The summed E-state index contributed by atoms with van der Waals surface area (Å²) < 4.78 is 5.33. The molecule has 1 aromatic heterocycles. The minimum Gasteiger partial charge on any atom is -0.381 e. The number of anilines is 2. The molecule has 1 amide bonds. The monoisotopic (exact) mass is 358 g/mol. The zero-order valence-corrected chi connectivity index (χ0v) is 15.3. The first-order chi connectivity index (χ1) is 12.4. The standard InChI is InChI=1S/C18H26N6O2/c1-12(2)13-9-24(15-3-6-21-17(20)23-15)10-14(13)22-16(25)18(11-19)4-7-26-8-5-18/h3,6,12-14H,4-5,7-10H2,1-2H3,(H,22,25)(H2,20,21,23)/t13-,14+/m1/s1. The van der Waals surface area contributed by atoms with E-state index < -0.39 is 5.41 Å². The van der Waals surface area contributed by atoms with Crippen LogP contribution >= 0.6 is 0 Å². The summed E-state index contributed by atoms with van der Waals surface area (Å²) in [6.45, 7) is 6.62. The molecule has 0 radical (unpaired) electrons. The van der Waals surface area contributed by atoms with Gasteiger partial charge in [0.2, 0.25) is 11.9 Å². The third-order valence-corrected chi connectivity index (χ3v) is 5.52. The minimum absolute atomic E-state index is 0.0354. The number of aromatic nitrogens is 2. The van der Waals surface area contributed by atoms with Crippen LogP contribution in [0.25, 0.3) is 0 Å². The fraction of sp³-hybridized carbons (Fsp3) is 0.667. The van der Waals surface area contributed by atoms with Gasteiger partial charge in [0.1, 0.15) is 11.2 Å². The van der Waals surface area contributed by atoms with Gasteiger partial charge < -0.3 is 20.7 Å². The third kappa shape index (κ3) is 3.58. The molecule has 0 unspecified atom stereocenters. The van der Waals surface area contributed by atoms with Crippen LogP contribution in [0.4, 0.5) is 11.8 Å². The van der Waals surface area contributed by atoms with Gasteiger partial charge in [-0.1, -0.05) is 13.8 Å². The van der Waals surface area contributed by atoms with E-state index in [9.17, 15) is 10.1 Å². The highest BCUT2D eigenvalue weighted by Crippen LogP contribution is 2.32. The average Bonchev–Trinajstić information content (AvgIpc) is 3.06. The molecule has 26 heavy (non-hydrogen) atoms. The lowest BCUT2D eigenvalue weighted by Gasteiger charge is -2.32. The Morgan fingerprint density at radius 3 is 2.81 bits per heavy atom. The minimum atomic E-state index is -0.980. The molecule has 3 heterocycles. The van der Waals surface area contributed by atoms with Gasteiger partial charge in [0.05, 0.1) is 12.1 Å². The van der Waals surface area contributed by atoms with Crippen LogP contribution in [0.3, 0.4) is 0 Å². The molecule has 3 rings (SSSR count). The number of nitriles is 1. The van der Waals surface area contributed by atoms with Crippen molar-refractivity contribution < 1.29 is 9.53 Å². The van der Waals surface area contributed by atoms with E-state index in [0.29, 0.717) is 38.5 Å². The van der Waals surface area contributed by atoms with Crippen molar-refractivity contribution in [3.8, 4) is 6.07 Å². The number of carbonyl (C=O) groups excluding carboxylic acids is 1. The number of nitrogens with one attached hydrogen (secondary N) is 1. The lowest BCUT2D eigenvalue weighted by molar-refractivity contribution is -0.133. The van der Waals surface area contributed by atoms with Crippen LogP contribution in [0.5, 0.6) is 0 Å². The molecule has 2 atom stereocenters. The van der Waals surface area contributed by atoms with Crippen molar-refractivity contribution in [3.05, 3.63) is 12.3 Å². The van der Waals surface area contributed by atoms with Crippen molar-refractivity contribution in [1.29, 1.82) is 5.26 Å². The number of carbonyl (C=O) groups is 1. The first-order valence-electron chi connectivity index (χ1n) is 9.08. The lowest BCUT2D eigenvalue weighted by atomic mass is 9.80. The van der Waals surface area contributed by atoms with Crippen LogP contribution in [-0.4, -0.2) is 48.2 Å². The maximum Gasteiger partial charge on any atom is 0.240 e. The summed E-state index contributed by atoms with van der Waals surface area (Å²) in [5.74, 6) is 1.48. The fourth-order valence-corrected chi connectivity index (χ4v) is 3.80. The van der Waals surface area contributed by atoms with Gasteiger partial charge in [-0.2, -0.15) is 10.2 Å². The number of amides is 1. The van der Waals surface area contributed by atoms with E-state index in [2.05, 4.69) is 40.1 Å². The van der Waals surface area contributed by atoms with Crippen LogP contribution in [0, 0.1) is 28.6 Å². The molecule has 0 aliphatic carbocycles. The zero-order valence-electron chi connectivity index (χ0n) is 15.3. The van der Waals surface area contributed by atoms with Crippen molar-refractivity contribution in [3.63, 3.8) is 0 Å². The number of hydrogen-bond acceptors (Lipinski definition) is 7. The van der Waals surface area contributed by atoms with Gasteiger partial charge in [-0.3, -0.25) is 4.79 Å². The fourth-order valence-electron chi connectivity index (χ4n) is 3.80. The maximum absolute atomic E-state index is 12.9. The lowest BCUT2D eigenvalue weighted by Crippen LogP contribution is -2.50. The largest absolute Gasteiger partial charge is 0.381 e. The van der Waals surface area contributed by atoms with Gasteiger partial charge in [-0.25, -0.2) is 4.98 Å². The Morgan fingerprint density at radius 2 is 2.19 bits per heavy atom. The Kier molecular flexibility index (Phi) is 5.28. The van der Waals surface area contributed by atoms with Crippen LogP contribution in [0.1, 0.15) is 26.7 Å². The maximum atomic E-state index is 12.9. The van der Waals surface area contributed by atoms with Gasteiger partial charge in [-0.05, 0) is 24.8 Å². The molecule has 0 spiro atoms. The molecule has 2 saturated heterocycles. The van der Waals surface area contributed by atoms with Gasteiger partial charge in [-0.15, -0.1) is 0 Å². The first kappa shape index (κ1) is 18.4. The normalized spacial score (nSPS) is 25.1. The predicted octanol–water partition coefficient (Wildman–Crippen LogP) is 0.956. The molecule has 2 aliphatic rings. The average molecular weight is 358 g/mol. The highest BCUT2D eigenvalue weighted by Gasteiger charge is 2.44. The van der Waals surface area contributed by atoms with E-state index in [4.69, 9.17) is 10.5 Å². The molecule has 2 fully saturated rings. The molecule has 2 aliphatic heterocycles. The molecule has 0 saturated carbocycles. The van der Waals surface area contributed by atoms with Gasteiger partial charge in [0.25, 0.3) is 0 Å². The van der Waals surface area contributed by atoms with E-state index in [1.807, 2.05) is 6.07 Å². The molecule has 0 bridgehead atoms. The molecular formula is C18H26N6O2. The highest BCUT2D eigenvalue weighted by molar-refractivity contribution is 5.86. The molecule has 1 aromatic rings. The summed E-state index contributed by atoms with van der Waals surface area (Å²) in [7, 11) is 0. The highest BCUT2D eigenvalue weighted by atomic mass is 16.5. The predicted molar refractivity (Wildman–Crippen MR) is 97.0 cm³/mol. The molecule has 3 N–H and O–H groups in total. The quantitative estimate of drug-likeness (QED) is 0.823. The van der Waals surface area contributed by atoms with E-state index in [-0.39, 0.29) is 23.8 Å². The SMILES string of the molecule is CC(C)[C@H]1CN(c2ccnc(N)n2)C[C@@H]1NC(=O)C1(C#N)CCOCC1. The zero-order chi connectivity index (χ0) is 18.7. The Balaban J connectivity index is 1.75. The number of hydrogen-bond donors (Lipinski definition) is 2. The smallest absolute Gasteiger partial charge is 0.240 e. The Hall–Kier alpha value is -2.40. The second-order valence-corrected chi connectivity index (χ2v) is 7.47. The summed E-state index contributed by atoms with van der Waals surface area (Å²) >= 11 is 0. The van der Waals surface area contributed by atoms with E-state index >= 15 is 0 Å². The number of nitrogens with two attached hydrogens (primary N) is 1. The molecular weight excluding hydrogens is 332 g/mol. The van der Waals surface area contributed by atoms with Crippen LogP contribution < -0.4 is 16.0 Å². The Bertz CT molecular complexity index is 695. The first-order valence-corrected chi connectivity index (χ1v) is 9.08. The van der Waals surface area contributed by atoms with Crippen molar-refractivity contribution >= 4 is 17.7 Å². The van der Waals surface area contributed by atoms with E-state index in [0.717, 1.165) is 12.4 Å². The second kappa shape index (κ2) is 7.46. The van der Waals surface area contributed by atoms with Crippen molar-refractivity contribution in [2.75, 3.05) is 36.9 Å². The van der Waals surface area contributed by atoms with E-state index in [1.54, 1.807) is 6.20 Å². The molecule has 8 heteroatoms. The summed E-state index contributed by atoms with van der Waals surface area (Å²) in [6, 6.07) is 4.03. The Morgan fingerprint density at radius 1 is 1.46 bits per heavy atom. The van der Waals surface area contributed by atoms with Crippen LogP contribution in [0.2, 0.25) is 0 Å². The van der Waals surface area contributed by atoms with Crippen molar-refractivity contribution in [2.24, 2.45) is 17.3 Å². The molecule has 8 nitrogen and oxygen atoms in total. The topological polar surface area (TPSA) is 117 Å². The van der Waals surface area contributed by atoms with Crippen molar-refractivity contribution in [2.45, 2.75) is 32.7 Å². The molecule has 140 valence electrons. The van der Waals surface area contributed by atoms with Crippen LogP contribution in [-0.2, 0) is 9.53 Å². The van der Waals surface area contributed by atoms with Gasteiger partial charge in [0.15, 0.2) is 0 Å². The number of nitrogens with zero attached hydrogens (tertiary/aromatic N) is 4. The van der Waals surface area contributed by atoms with Crippen LogP contribution in [0.15, 0.2) is 12.3 Å². The van der Waals surface area contributed by atoms with Gasteiger partial charge >= 0.3 is 0 Å². The number of nitrogen functional groups attached to an aromatic ring is 1. The van der Waals surface area contributed by atoms with Gasteiger partial charge in [0, 0.05) is 38.4 Å². The summed E-state index contributed by atoms with van der Waals surface area (Å²) in [4.78, 5) is 23.3. The number of rotatable bonds is 4. The second-order valence-electron chi connectivity index (χ2n) is 7.47. The summed E-state index contributed by atoms with van der Waals surface area (Å²) in [5, 5.41) is 12.8. The van der Waals surface area contributed by atoms with E-state index in [1.165, 1.54) is 0 Å². The summed E-state index contributed by atoms with van der Waals surface area (Å²) in [6.07, 6.45) is 2.53. The summed E-state index contributed by atoms with van der Waals surface area (Å²) in [5.41, 5.74) is 4.72. The molecule has 0 aromatic carbocycles. The third-order valence-electron chi connectivity index (χ3n) is 5.52. The van der Waals surface area contributed by atoms with Crippen molar-refractivity contribution in [1.82, 2.24) is 15.3 Å².